The largest absolute Gasteiger partial charge is 0.419 e. The first-order valence-corrected chi connectivity index (χ1v) is 10.7. The summed E-state index contributed by atoms with van der Waals surface area (Å²) < 4.78 is 66.7. The highest BCUT2D eigenvalue weighted by atomic mass is 19.4. The van der Waals surface area contributed by atoms with Crippen molar-refractivity contribution < 1.29 is 26.7 Å². The average molecular weight is 492 g/mol. The Balaban J connectivity index is 1.58. The van der Waals surface area contributed by atoms with Gasteiger partial charge >= 0.3 is 6.18 Å². The molecule has 3 aromatic rings. The van der Waals surface area contributed by atoms with E-state index < -0.39 is 42.5 Å². The van der Waals surface area contributed by atoms with E-state index in [0.29, 0.717) is 23.8 Å². The van der Waals surface area contributed by atoms with Crippen LogP contribution in [0, 0.1) is 6.92 Å². The van der Waals surface area contributed by atoms with Crippen LogP contribution in [0.1, 0.15) is 34.3 Å². The maximum atomic E-state index is 14.3. The standard InChI is InChI=1S/C23H21F5N6O/c1-14-3-4-17(19-29-6-2-7-30-19)18(9-14)20(35)34-8-5-22(24,25)10-16(34)13-33-21-31-11-15(12-32-21)23(26,27)28/h2-4,6-7,9,11-12,16H,5,8,10,13H2,1H3,(H,31,32,33)/t16-/m0/s1. The molecule has 3 heterocycles. The summed E-state index contributed by atoms with van der Waals surface area (Å²) in [5.41, 5.74) is 0.510. The van der Waals surface area contributed by atoms with E-state index in [1.165, 1.54) is 17.3 Å². The molecule has 0 bridgehead atoms. The van der Waals surface area contributed by atoms with Crippen molar-refractivity contribution in [2.45, 2.75) is 37.9 Å². The summed E-state index contributed by atoms with van der Waals surface area (Å²) >= 11 is 0. The minimum atomic E-state index is -4.60. The second-order valence-corrected chi connectivity index (χ2v) is 8.26. The van der Waals surface area contributed by atoms with E-state index in [9.17, 15) is 26.7 Å². The highest BCUT2D eigenvalue weighted by molar-refractivity contribution is 6.00. The number of aromatic nitrogens is 4. The third-order valence-electron chi connectivity index (χ3n) is 5.64. The van der Waals surface area contributed by atoms with Crippen molar-refractivity contribution in [3.8, 4) is 11.4 Å². The molecular formula is C23H21F5N6O. The lowest BCUT2D eigenvalue weighted by Crippen LogP contribution is -2.52. The van der Waals surface area contributed by atoms with Gasteiger partial charge in [0.05, 0.1) is 17.2 Å². The minimum absolute atomic E-state index is 0.159. The predicted molar refractivity (Wildman–Crippen MR) is 117 cm³/mol. The first-order chi connectivity index (χ1) is 16.5. The molecule has 4 rings (SSSR count). The van der Waals surface area contributed by atoms with E-state index in [1.807, 2.05) is 0 Å². The van der Waals surface area contributed by atoms with Gasteiger partial charge in [-0.15, -0.1) is 0 Å². The third-order valence-corrected chi connectivity index (χ3v) is 5.64. The van der Waals surface area contributed by atoms with Crippen LogP contribution < -0.4 is 5.32 Å². The van der Waals surface area contributed by atoms with Crippen LogP contribution in [0.15, 0.2) is 49.1 Å². The van der Waals surface area contributed by atoms with Crippen LogP contribution in [0.4, 0.5) is 27.9 Å². The van der Waals surface area contributed by atoms with Crippen LogP contribution in [0.25, 0.3) is 11.4 Å². The number of piperidine rings is 1. The Hall–Kier alpha value is -3.70. The van der Waals surface area contributed by atoms with E-state index in [1.54, 1.807) is 31.2 Å². The van der Waals surface area contributed by atoms with E-state index >= 15 is 0 Å². The molecule has 1 N–H and O–H groups in total. The number of carbonyl (C=O) groups excluding carboxylic acids is 1. The quantitative estimate of drug-likeness (QED) is 0.524. The third kappa shape index (κ3) is 5.69. The minimum Gasteiger partial charge on any atom is -0.352 e. The van der Waals surface area contributed by atoms with Crippen molar-refractivity contribution in [3.63, 3.8) is 0 Å². The number of halogens is 5. The molecule has 1 atom stereocenters. The van der Waals surface area contributed by atoms with E-state index in [2.05, 4.69) is 25.3 Å². The molecule has 0 aliphatic carbocycles. The Morgan fingerprint density at radius 1 is 1.14 bits per heavy atom. The van der Waals surface area contributed by atoms with E-state index in [4.69, 9.17) is 0 Å². The Bertz CT molecular complexity index is 1190. The molecule has 184 valence electrons. The van der Waals surface area contributed by atoms with Crippen molar-refractivity contribution in [2.24, 2.45) is 0 Å². The highest BCUT2D eigenvalue weighted by Crippen LogP contribution is 2.34. The Morgan fingerprint density at radius 3 is 2.49 bits per heavy atom. The first-order valence-electron chi connectivity index (χ1n) is 10.7. The molecule has 0 saturated carbocycles. The van der Waals surface area contributed by atoms with Gasteiger partial charge in [0.15, 0.2) is 5.82 Å². The maximum absolute atomic E-state index is 14.3. The van der Waals surface area contributed by atoms with Crippen LogP contribution >= 0.6 is 0 Å². The summed E-state index contributed by atoms with van der Waals surface area (Å²) in [6.45, 7) is 1.43. The van der Waals surface area contributed by atoms with Crippen molar-refractivity contribution in [1.82, 2.24) is 24.8 Å². The number of rotatable bonds is 5. The Morgan fingerprint density at radius 2 is 1.83 bits per heavy atom. The lowest BCUT2D eigenvalue weighted by Gasteiger charge is -2.39. The van der Waals surface area contributed by atoms with Gasteiger partial charge in [-0.05, 0) is 19.1 Å². The van der Waals surface area contributed by atoms with Gasteiger partial charge < -0.3 is 10.2 Å². The molecule has 1 amide bonds. The van der Waals surface area contributed by atoms with Gasteiger partial charge in [-0.1, -0.05) is 17.7 Å². The van der Waals surface area contributed by atoms with Crippen LogP contribution in [-0.4, -0.2) is 55.8 Å². The molecule has 1 aliphatic rings. The maximum Gasteiger partial charge on any atom is 0.419 e. The van der Waals surface area contributed by atoms with Crippen LogP contribution in [-0.2, 0) is 6.18 Å². The lowest BCUT2D eigenvalue weighted by molar-refractivity contribution is -0.138. The van der Waals surface area contributed by atoms with Gasteiger partial charge in [0.2, 0.25) is 5.95 Å². The summed E-state index contributed by atoms with van der Waals surface area (Å²) in [5, 5.41) is 2.68. The number of carbonyl (C=O) groups is 1. The fraction of sp³-hybridized carbons (Fsp3) is 0.348. The van der Waals surface area contributed by atoms with Gasteiger partial charge in [-0.25, -0.2) is 28.7 Å². The van der Waals surface area contributed by atoms with Crippen molar-refractivity contribution >= 4 is 11.9 Å². The van der Waals surface area contributed by atoms with Crippen LogP contribution in [0.5, 0.6) is 0 Å². The van der Waals surface area contributed by atoms with Crippen LogP contribution in [0.2, 0.25) is 0 Å². The van der Waals surface area contributed by atoms with Crippen LogP contribution in [0.3, 0.4) is 0 Å². The number of nitrogens with zero attached hydrogens (tertiary/aromatic N) is 5. The van der Waals surface area contributed by atoms with Gasteiger partial charge in [-0.3, -0.25) is 4.79 Å². The van der Waals surface area contributed by atoms with E-state index in [0.717, 1.165) is 5.56 Å². The topological polar surface area (TPSA) is 83.9 Å². The number of alkyl halides is 5. The van der Waals surface area contributed by atoms with Crippen molar-refractivity contribution in [1.29, 1.82) is 0 Å². The summed E-state index contributed by atoms with van der Waals surface area (Å²) in [7, 11) is 0. The molecular weight excluding hydrogens is 471 g/mol. The summed E-state index contributed by atoms with van der Waals surface area (Å²) in [6.07, 6.45) is -1.44. The Labute approximate surface area is 197 Å². The molecule has 0 spiro atoms. The van der Waals surface area contributed by atoms with E-state index in [-0.39, 0.29) is 24.6 Å². The molecule has 35 heavy (non-hydrogen) atoms. The molecule has 1 saturated heterocycles. The number of nitrogens with one attached hydrogen (secondary N) is 1. The van der Waals surface area contributed by atoms with Gasteiger partial charge in [0.25, 0.3) is 11.8 Å². The Kier molecular flexibility index (Phi) is 6.64. The molecule has 0 radical (unpaired) electrons. The number of anilines is 1. The second kappa shape index (κ2) is 9.51. The normalized spacial score (nSPS) is 17.8. The summed E-state index contributed by atoms with van der Waals surface area (Å²) in [6, 6.07) is 5.84. The number of benzene rings is 1. The lowest BCUT2D eigenvalue weighted by atomic mass is 9.95. The zero-order valence-electron chi connectivity index (χ0n) is 18.6. The van der Waals surface area contributed by atoms with Gasteiger partial charge in [0, 0.05) is 56.3 Å². The molecule has 12 heteroatoms. The van der Waals surface area contributed by atoms with Gasteiger partial charge in [-0.2, -0.15) is 13.2 Å². The zero-order valence-corrected chi connectivity index (χ0v) is 18.6. The summed E-state index contributed by atoms with van der Waals surface area (Å²) in [5.74, 6) is -3.30. The zero-order chi connectivity index (χ0) is 25.2. The molecule has 0 unspecified atom stereocenters. The summed E-state index contributed by atoms with van der Waals surface area (Å²) in [4.78, 5) is 30.5. The molecule has 1 aliphatic heterocycles. The molecule has 1 aromatic carbocycles. The van der Waals surface area contributed by atoms with Crippen molar-refractivity contribution in [3.05, 3.63) is 65.7 Å². The number of hydrogen-bond acceptors (Lipinski definition) is 6. The second-order valence-electron chi connectivity index (χ2n) is 8.26. The number of amides is 1. The fourth-order valence-corrected chi connectivity index (χ4v) is 3.87. The smallest absolute Gasteiger partial charge is 0.352 e. The first kappa shape index (κ1) is 24.4. The highest BCUT2D eigenvalue weighted by Gasteiger charge is 2.42. The SMILES string of the molecule is Cc1ccc(-c2ncccn2)c(C(=O)N2CCC(F)(F)C[C@H]2CNc2ncc(C(F)(F)F)cn2)c1. The fourth-order valence-electron chi connectivity index (χ4n) is 3.87. The average Bonchev–Trinajstić information content (AvgIpc) is 2.82. The monoisotopic (exact) mass is 492 g/mol. The number of aryl methyl sites for hydroxylation is 1. The van der Waals surface area contributed by atoms with Crippen molar-refractivity contribution in [2.75, 3.05) is 18.4 Å². The molecule has 2 aromatic heterocycles. The number of hydrogen-bond donors (Lipinski definition) is 1. The van der Waals surface area contributed by atoms with Gasteiger partial charge in [0.1, 0.15) is 0 Å². The molecule has 1 fully saturated rings. The predicted octanol–water partition coefficient (Wildman–Crippen LogP) is 4.61. The number of likely N-dealkylation sites (tertiary alicyclic amines) is 1. The molecule has 7 nitrogen and oxygen atoms in total.